The molecule has 0 aliphatic carbocycles. The molecule has 0 heterocycles. The molecule has 42 valence electrons. The van der Waals surface area contributed by atoms with E-state index in [1.54, 1.807) is 0 Å². The molecule has 0 unspecified atom stereocenters. The predicted octanol–water partition coefficient (Wildman–Crippen LogP) is -0.00250. The second kappa shape index (κ2) is 15.7. The van der Waals surface area contributed by atoms with Gasteiger partial charge in [0.25, 0.3) is 0 Å². The van der Waals surface area contributed by atoms with Crippen molar-refractivity contribution in [3.05, 3.63) is 0 Å². The second-order valence-electron chi connectivity index (χ2n) is 0. The average molecular weight is 554 g/mol. The maximum Gasteiger partial charge on any atom is 0 e. The van der Waals surface area contributed by atoms with E-state index in [0.717, 1.165) is 0 Å². The van der Waals surface area contributed by atoms with Crippen LogP contribution in [0.3, 0.4) is 0 Å². The molecule has 0 saturated carbocycles. The molecule has 0 aromatic heterocycles. The summed E-state index contributed by atoms with van der Waals surface area (Å²) in [5, 5.41) is 0. The molecule has 0 aliphatic heterocycles. The van der Waals surface area contributed by atoms with E-state index in [1.807, 2.05) is 0 Å². The first-order valence-corrected chi connectivity index (χ1v) is 0. The molecule has 0 aromatic rings. The third-order valence-corrected chi connectivity index (χ3v) is 0. The minimum Gasteiger partial charge on any atom is 0 e. The van der Waals surface area contributed by atoms with Crippen LogP contribution in [0.5, 0.6) is 0 Å². The van der Waals surface area contributed by atoms with E-state index < -0.39 is 0 Å². The Morgan fingerprint density at radius 3 is 0.500 bits per heavy atom. The Balaban J connectivity index is 0. The Labute approximate surface area is 126 Å². The number of hydrogen-bond donors (Lipinski definition) is 0. The van der Waals surface area contributed by atoms with E-state index in [0.29, 0.717) is 0 Å². The van der Waals surface area contributed by atoms with Crippen LogP contribution >= 0.6 is 0 Å². The summed E-state index contributed by atoms with van der Waals surface area (Å²) in [6, 6.07) is 0. The second-order valence-corrected chi connectivity index (χ2v) is 0. The van der Waals surface area contributed by atoms with Gasteiger partial charge in [-0.15, -0.1) is 0 Å². The summed E-state index contributed by atoms with van der Waals surface area (Å²) in [4.78, 5) is 0. The van der Waals surface area contributed by atoms with E-state index in [4.69, 9.17) is 0 Å². The van der Waals surface area contributed by atoms with Crippen molar-refractivity contribution in [3.63, 3.8) is 0 Å². The van der Waals surface area contributed by atoms with Crippen LogP contribution in [-0.4, -0.2) is 0 Å². The Hall–Kier alpha value is 4.29. The van der Waals surface area contributed by atoms with Crippen LogP contribution in [-0.2, 0) is 16.8 Å². The fourth-order valence-corrected chi connectivity index (χ4v) is 0. The Morgan fingerprint density at radius 2 is 0.500 bits per heavy atom. The molecule has 4 radical (unpaired) electrons. The van der Waals surface area contributed by atoms with Crippen LogP contribution in [0.4, 0.5) is 0 Å². The monoisotopic (exact) mass is 554 g/mol. The molecule has 0 amide bonds. The molecule has 0 atom stereocenters. The molecule has 4 heavy (non-hydrogen) atoms. The fraction of sp³-hybridized carbons (Fsp3) is 0. The molecule has 0 rings (SSSR count). The van der Waals surface area contributed by atoms with Crippen LogP contribution in [0, 0.1) is 113 Å². The van der Waals surface area contributed by atoms with E-state index in [9.17, 15) is 0 Å². The van der Waals surface area contributed by atoms with Gasteiger partial charge in [-0.3, -0.25) is 0 Å². The summed E-state index contributed by atoms with van der Waals surface area (Å²) in [6.07, 6.45) is 0. The van der Waals surface area contributed by atoms with E-state index in [-0.39, 0.29) is 130 Å². The van der Waals surface area contributed by atoms with Gasteiger partial charge in [-0.2, -0.15) is 0 Å². The molecule has 0 aliphatic rings. The molecule has 0 nitrogen and oxygen atoms in total. The van der Waals surface area contributed by atoms with Gasteiger partial charge in [-0.05, 0) is 0 Å². The van der Waals surface area contributed by atoms with Gasteiger partial charge in [0.15, 0.2) is 0 Å². The first kappa shape index (κ1) is 23.9. The minimum absolute atomic E-state index is 0. The van der Waals surface area contributed by atoms with Crippen molar-refractivity contribution in [2.75, 3.05) is 0 Å². The van der Waals surface area contributed by atoms with Crippen molar-refractivity contribution in [1.82, 2.24) is 0 Å². The van der Waals surface area contributed by atoms with Crippen LogP contribution in [0.1, 0.15) is 0 Å². The van der Waals surface area contributed by atoms with Gasteiger partial charge in [0.1, 0.15) is 0 Å². The van der Waals surface area contributed by atoms with E-state index in [2.05, 4.69) is 0 Å². The summed E-state index contributed by atoms with van der Waals surface area (Å²) in [5.41, 5.74) is 0. The van der Waals surface area contributed by atoms with Gasteiger partial charge < -0.3 is 0 Å². The zero-order valence-electron chi connectivity index (χ0n) is 1.24. The van der Waals surface area contributed by atoms with Gasteiger partial charge in [0, 0.05) is 130 Å². The van der Waals surface area contributed by atoms with Gasteiger partial charge in [0.2, 0.25) is 0 Å². The fourth-order valence-electron chi connectivity index (χ4n) is 0. The molecular formula is CoHo3. The standard InChI is InChI=1S/Co.3Ho. The zero-order chi connectivity index (χ0) is 0. The number of rotatable bonds is 0. The average Bonchev–Trinajstić information content (AvgIpc) is 0. The molecule has 0 bridgehead atoms. The van der Waals surface area contributed by atoms with E-state index in [1.165, 1.54) is 0 Å². The summed E-state index contributed by atoms with van der Waals surface area (Å²) < 4.78 is 0. The third-order valence-electron chi connectivity index (χ3n) is 0. The van der Waals surface area contributed by atoms with Gasteiger partial charge in [-0.1, -0.05) is 0 Å². The Morgan fingerprint density at radius 1 is 0.500 bits per heavy atom. The van der Waals surface area contributed by atoms with Crippen molar-refractivity contribution in [3.8, 4) is 0 Å². The predicted molar refractivity (Wildman–Crippen MR) is 0 cm³/mol. The van der Waals surface area contributed by atoms with Crippen molar-refractivity contribution < 1.29 is 130 Å². The first-order chi connectivity index (χ1) is 0. The smallest absolute Gasteiger partial charge is 0 e. The molecular weight excluding hydrogens is 554 g/mol. The molecule has 0 aromatic carbocycles. The minimum atomic E-state index is 0. The molecule has 0 spiro atoms. The Bertz CT molecular complexity index is 3.25. The van der Waals surface area contributed by atoms with Crippen LogP contribution < -0.4 is 0 Å². The van der Waals surface area contributed by atoms with Crippen LogP contribution in [0.25, 0.3) is 0 Å². The first-order valence-electron chi connectivity index (χ1n) is 0. The van der Waals surface area contributed by atoms with Gasteiger partial charge >= 0.3 is 0 Å². The molecule has 4 heteroatoms. The van der Waals surface area contributed by atoms with Crippen molar-refractivity contribution >= 4 is 0 Å². The SMILES string of the molecule is [Co].[Ho].[Ho].[Ho]. The summed E-state index contributed by atoms with van der Waals surface area (Å²) in [6.45, 7) is 0. The summed E-state index contributed by atoms with van der Waals surface area (Å²) >= 11 is 0. The summed E-state index contributed by atoms with van der Waals surface area (Å²) in [7, 11) is 0. The van der Waals surface area contributed by atoms with Crippen LogP contribution in [0.15, 0.2) is 0 Å². The topological polar surface area (TPSA) is 0 Å². The normalized spacial score (nSPS) is 0. The van der Waals surface area contributed by atoms with Crippen molar-refractivity contribution in [1.29, 1.82) is 0 Å². The quantitative estimate of drug-likeness (QED) is 0.371. The number of hydrogen-bond acceptors (Lipinski definition) is 0. The third kappa shape index (κ3) is 9.56. The maximum atomic E-state index is 0. The molecule has 0 N–H and O–H groups in total. The van der Waals surface area contributed by atoms with Crippen LogP contribution in [0.2, 0.25) is 0 Å². The largest absolute Gasteiger partial charge is 0 e. The molecule has 0 fully saturated rings. The summed E-state index contributed by atoms with van der Waals surface area (Å²) in [5.74, 6) is 0. The molecule has 0 saturated heterocycles. The maximum absolute atomic E-state index is 0. The van der Waals surface area contributed by atoms with Gasteiger partial charge in [0.05, 0.1) is 0 Å². The van der Waals surface area contributed by atoms with Crippen molar-refractivity contribution in [2.45, 2.75) is 0 Å². The van der Waals surface area contributed by atoms with E-state index >= 15 is 0 Å². The van der Waals surface area contributed by atoms with Crippen molar-refractivity contribution in [2.24, 2.45) is 0 Å². The van der Waals surface area contributed by atoms with Gasteiger partial charge in [-0.25, -0.2) is 0 Å². The zero-order valence-corrected chi connectivity index (χ0v) is 8.08. The Kier molecular flexibility index (Phi) is 93.8.